The van der Waals surface area contributed by atoms with Gasteiger partial charge in [-0.2, -0.15) is 5.10 Å². The predicted molar refractivity (Wildman–Crippen MR) is 71.5 cm³/mol. The first kappa shape index (κ1) is 14.7. The highest BCUT2D eigenvalue weighted by atomic mass is 32.2. The number of hydrogen-bond acceptors (Lipinski definition) is 4. The van der Waals surface area contributed by atoms with Gasteiger partial charge in [0.05, 0.1) is 5.69 Å². The van der Waals surface area contributed by atoms with E-state index < -0.39 is 16.8 Å². The second-order valence-electron chi connectivity index (χ2n) is 4.26. The van der Waals surface area contributed by atoms with Crippen LogP contribution < -0.4 is 5.32 Å². The summed E-state index contributed by atoms with van der Waals surface area (Å²) in [6.07, 6.45) is 2.38. The lowest BCUT2D eigenvalue weighted by Gasteiger charge is -2.11. The molecule has 1 rings (SSSR count). The zero-order valence-corrected chi connectivity index (χ0v) is 11.9. The van der Waals surface area contributed by atoms with E-state index in [1.807, 2.05) is 6.92 Å². The summed E-state index contributed by atoms with van der Waals surface area (Å²) in [5.74, 6) is -0.496. The molecule has 1 aromatic rings. The molecule has 1 aromatic heterocycles. The molecule has 7 heteroatoms. The Kier molecular flexibility index (Phi) is 4.89. The average molecular weight is 273 g/mol. The molecule has 2 unspecified atom stereocenters. The van der Waals surface area contributed by atoms with Crippen LogP contribution in [0.5, 0.6) is 0 Å². The van der Waals surface area contributed by atoms with Gasteiger partial charge in [-0.15, -0.1) is 0 Å². The summed E-state index contributed by atoms with van der Waals surface area (Å²) in [6.45, 7) is 4.14. The summed E-state index contributed by atoms with van der Waals surface area (Å²) in [4.78, 5) is 11.1. The minimum absolute atomic E-state index is 0.0834. The molecule has 1 heterocycles. The number of hydrogen-bond donors (Lipinski definition) is 2. The fourth-order valence-corrected chi connectivity index (χ4v) is 2.13. The normalized spacial score (nSPS) is 14.2. The zero-order chi connectivity index (χ0) is 13.9. The monoisotopic (exact) mass is 273 g/mol. The zero-order valence-electron chi connectivity index (χ0n) is 11.1. The van der Waals surface area contributed by atoms with E-state index in [0.717, 1.165) is 0 Å². The summed E-state index contributed by atoms with van der Waals surface area (Å²) in [7, 11) is 0.836. The molecule has 0 aliphatic carbocycles. The standard InChI is InChI=1S/C11H19N3O3S/c1-7(18(4)17)5-6-12-10-9(11(15)16)8(2)13-14(10)3/h7,12H,5-6H2,1-4H3,(H,15,16). The van der Waals surface area contributed by atoms with Gasteiger partial charge in [0.1, 0.15) is 11.4 Å². The molecule has 0 bridgehead atoms. The molecular formula is C11H19N3O3S. The van der Waals surface area contributed by atoms with Gasteiger partial charge in [0.15, 0.2) is 0 Å². The summed E-state index contributed by atoms with van der Waals surface area (Å²) in [5.41, 5.74) is 0.683. The van der Waals surface area contributed by atoms with E-state index in [0.29, 0.717) is 24.5 Å². The van der Waals surface area contributed by atoms with E-state index in [1.165, 1.54) is 4.68 Å². The van der Waals surface area contributed by atoms with Crippen LogP contribution in [0.4, 0.5) is 5.82 Å². The smallest absolute Gasteiger partial charge is 0.341 e. The fraction of sp³-hybridized carbons (Fsp3) is 0.636. The van der Waals surface area contributed by atoms with Crippen LogP contribution in [0.2, 0.25) is 0 Å². The molecule has 0 fully saturated rings. The van der Waals surface area contributed by atoms with Gasteiger partial charge in [-0.05, 0) is 13.3 Å². The summed E-state index contributed by atoms with van der Waals surface area (Å²) >= 11 is 0. The van der Waals surface area contributed by atoms with E-state index in [-0.39, 0.29) is 10.8 Å². The van der Waals surface area contributed by atoms with Gasteiger partial charge in [-0.25, -0.2) is 4.79 Å². The van der Waals surface area contributed by atoms with Gasteiger partial charge in [-0.1, -0.05) is 6.92 Å². The average Bonchev–Trinajstić information content (AvgIpc) is 2.53. The number of carbonyl (C=O) groups is 1. The molecule has 18 heavy (non-hydrogen) atoms. The van der Waals surface area contributed by atoms with Gasteiger partial charge in [-0.3, -0.25) is 8.89 Å². The van der Waals surface area contributed by atoms with Crippen LogP contribution >= 0.6 is 0 Å². The number of aryl methyl sites for hydroxylation is 2. The second kappa shape index (κ2) is 5.99. The fourth-order valence-electron chi connectivity index (χ4n) is 1.68. The third-order valence-corrected chi connectivity index (χ3v) is 4.21. The molecule has 0 aliphatic rings. The van der Waals surface area contributed by atoms with Gasteiger partial charge in [0.2, 0.25) is 0 Å². The van der Waals surface area contributed by atoms with E-state index in [4.69, 9.17) is 5.11 Å². The molecule has 2 N–H and O–H groups in total. The van der Waals surface area contributed by atoms with Crippen LogP contribution in [-0.2, 0) is 17.8 Å². The number of nitrogens with zero attached hydrogens (tertiary/aromatic N) is 2. The Bertz CT molecular complexity index is 470. The quantitative estimate of drug-likeness (QED) is 0.807. The Labute approximate surface area is 109 Å². The first-order valence-corrected chi connectivity index (χ1v) is 7.29. The van der Waals surface area contributed by atoms with Crippen LogP contribution in [0, 0.1) is 6.92 Å². The summed E-state index contributed by atoms with van der Waals surface area (Å²) < 4.78 is 12.7. The number of aromatic carboxylic acids is 1. The van der Waals surface area contributed by atoms with Gasteiger partial charge in [0.25, 0.3) is 0 Å². The highest BCUT2D eigenvalue weighted by Crippen LogP contribution is 2.18. The molecule has 0 amide bonds. The minimum Gasteiger partial charge on any atom is -0.477 e. The van der Waals surface area contributed by atoms with E-state index in [1.54, 1.807) is 20.2 Å². The Morgan fingerprint density at radius 2 is 2.22 bits per heavy atom. The molecule has 0 aliphatic heterocycles. The van der Waals surface area contributed by atoms with E-state index in [9.17, 15) is 9.00 Å². The molecule has 0 spiro atoms. The second-order valence-corrected chi connectivity index (χ2v) is 6.06. The number of anilines is 1. The highest BCUT2D eigenvalue weighted by molar-refractivity contribution is 7.84. The highest BCUT2D eigenvalue weighted by Gasteiger charge is 2.19. The maximum atomic E-state index is 11.2. The topological polar surface area (TPSA) is 84.2 Å². The van der Waals surface area contributed by atoms with Crippen molar-refractivity contribution in [2.45, 2.75) is 25.5 Å². The Morgan fingerprint density at radius 1 is 1.61 bits per heavy atom. The van der Waals surface area contributed by atoms with Crippen LogP contribution in [-0.4, -0.2) is 43.1 Å². The largest absolute Gasteiger partial charge is 0.477 e. The van der Waals surface area contributed by atoms with Crippen molar-refractivity contribution in [3.05, 3.63) is 11.3 Å². The molecule has 0 radical (unpaired) electrons. The van der Waals surface area contributed by atoms with Crippen LogP contribution in [0.25, 0.3) is 0 Å². The molecule has 0 saturated carbocycles. The van der Waals surface area contributed by atoms with Crippen molar-refractivity contribution in [1.29, 1.82) is 0 Å². The maximum absolute atomic E-state index is 11.2. The molecule has 6 nitrogen and oxygen atoms in total. The first-order chi connectivity index (χ1) is 8.34. The minimum atomic E-state index is -0.991. The predicted octanol–water partition coefficient (Wildman–Crippen LogP) is 0.996. The third kappa shape index (κ3) is 3.32. The van der Waals surface area contributed by atoms with Crippen molar-refractivity contribution in [3.8, 4) is 0 Å². The van der Waals surface area contributed by atoms with Crippen molar-refractivity contribution in [1.82, 2.24) is 9.78 Å². The number of nitrogens with one attached hydrogen (secondary N) is 1. The number of carboxylic acids is 1. The number of rotatable bonds is 6. The van der Waals surface area contributed by atoms with Gasteiger partial charge in [0, 0.05) is 35.9 Å². The van der Waals surface area contributed by atoms with Crippen molar-refractivity contribution in [3.63, 3.8) is 0 Å². The van der Waals surface area contributed by atoms with Gasteiger partial charge < -0.3 is 10.4 Å². The lowest BCUT2D eigenvalue weighted by atomic mass is 10.2. The van der Waals surface area contributed by atoms with Crippen LogP contribution in [0.15, 0.2) is 0 Å². The molecular weight excluding hydrogens is 254 g/mol. The summed E-state index contributed by atoms with van der Waals surface area (Å²) in [6, 6.07) is 0. The Balaban J connectivity index is 2.73. The van der Waals surface area contributed by atoms with Crippen LogP contribution in [0.3, 0.4) is 0 Å². The Hall–Kier alpha value is -1.37. The van der Waals surface area contributed by atoms with Crippen molar-refractivity contribution in [2.24, 2.45) is 7.05 Å². The summed E-state index contributed by atoms with van der Waals surface area (Å²) in [5, 5.41) is 16.3. The van der Waals surface area contributed by atoms with Crippen LogP contribution in [0.1, 0.15) is 29.4 Å². The van der Waals surface area contributed by atoms with E-state index in [2.05, 4.69) is 10.4 Å². The lowest BCUT2D eigenvalue weighted by molar-refractivity contribution is 0.0697. The molecule has 0 aromatic carbocycles. The molecule has 2 atom stereocenters. The number of carboxylic acid groups (broad SMARTS) is 1. The third-order valence-electron chi connectivity index (χ3n) is 2.85. The van der Waals surface area contributed by atoms with Crippen molar-refractivity contribution in [2.75, 3.05) is 18.1 Å². The number of aromatic nitrogens is 2. The van der Waals surface area contributed by atoms with E-state index >= 15 is 0 Å². The van der Waals surface area contributed by atoms with Crippen molar-refractivity contribution >= 4 is 22.6 Å². The maximum Gasteiger partial charge on any atom is 0.341 e. The molecule has 102 valence electrons. The van der Waals surface area contributed by atoms with Crippen molar-refractivity contribution < 1.29 is 14.1 Å². The first-order valence-electron chi connectivity index (χ1n) is 5.67. The van der Waals surface area contributed by atoms with Gasteiger partial charge >= 0.3 is 5.97 Å². The SMILES string of the molecule is Cc1nn(C)c(NCCC(C)S(C)=O)c1C(=O)O. The Morgan fingerprint density at radius 3 is 2.72 bits per heavy atom. The lowest BCUT2D eigenvalue weighted by Crippen LogP contribution is -2.17. The molecule has 0 saturated heterocycles.